The summed E-state index contributed by atoms with van der Waals surface area (Å²) >= 11 is 0. The molecule has 0 unspecified atom stereocenters. The van der Waals surface area contributed by atoms with Gasteiger partial charge in [-0.3, -0.25) is 4.90 Å². The number of urea groups is 1. The maximum Gasteiger partial charge on any atom is 0.317 e. The summed E-state index contributed by atoms with van der Waals surface area (Å²) in [5, 5.41) is 4.44. The van der Waals surface area contributed by atoms with Crippen molar-refractivity contribution < 1.29 is 4.79 Å². The minimum atomic E-state index is 0.0517. The number of amides is 2. The molecule has 2 aromatic rings. The van der Waals surface area contributed by atoms with Crippen molar-refractivity contribution in [2.45, 2.75) is 58.7 Å². The monoisotopic (exact) mass is 356 g/mol. The number of aromatic nitrogens is 1. The molecule has 26 heavy (non-hydrogen) atoms. The Balaban J connectivity index is 1.55. The smallest absolute Gasteiger partial charge is 0.317 e. The largest absolute Gasteiger partial charge is 0.361 e. The van der Waals surface area contributed by atoms with E-state index in [1.807, 2.05) is 18.0 Å². The molecule has 0 spiro atoms. The molecule has 3 rings (SSSR count). The molecule has 1 saturated heterocycles. The Morgan fingerprint density at radius 3 is 2.65 bits per heavy atom. The molecular formula is C21H32N4O. The molecule has 1 aliphatic heterocycles. The van der Waals surface area contributed by atoms with E-state index in [2.05, 4.69) is 60.2 Å². The van der Waals surface area contributed by atoms with Gasteiger partial charge in [-0.05, 0) is 69.7 Å². The molecule has 5 nitrogen and oxygen atoms in total. The van der Waals surface area contributed by atoms with Crippen LogP contribution < -0.4 is 5.32 Å². The topological polar surface area (TPSA) is 51.4 Å². The van der Waals surface area contributed by atoms with Gasteiger partial charge in [0.05, 0.1) is 0 Å². The molecule has 1 aromatic heterocycles. The molecule has 0 atom stereocenters. The highest BCUT2D eigenvalue weighted by molar-refractivity contribution is 5.80. The number of nitrogens with zero attached hydrogens (tertiary/aromatic N) is 2. The van der Waals surface area contributed by atoms with Crippen LogP contribution in [-0.2, 0) is 6.54 Å². The summed E-state index contributed by atoms with van der Waals surface area (Å²) in [6.45, 7) is 12.2. The molecule has 1 aliphatic rings. The van der Waals surface area contributed by atoms with Gasteiger partial charge in [0.15, 0.2) is 0 Å². The lowest BCUT2D eigenvalue weighted by Crippen LogP contribution is -2.52. The van der Waals surface area contributed by atoms with E-state index in [-0.39, 0.29) is 17.6 Å². The normalized spacial score (nSPS) is 16.8. The van der Waals surface area contributed by atoms with Crippen molar-refractivity contribution in [2.24, 2.45) is 0 Å². The highest BCUT2D eigenvalue weighted by Gasteiger charge is 2.28. The Kier molecular flexibility index (Phi) is 5.56. The van der Waals surface area contributed by atoms with Crippen molar-refractivity contribution in [1.82, 2.24) is 20.1 Å². The Bertz CT molecular complexity index is 738. The van der Waals surface area contributed by atoms with E-state index in [0.29, 0.717) is 13.1 Å². The molecule has 0 radical (unpaired) electrons. The number of carbonyl (C=O) groups excluding carboxylic acids is 1. The molecule has 0 bridgehead atoms. The third-order valence-corrected chi connectivity index (χ3v) is 5.43. The predicted octanol–water partition coefficient (Wildman–Crippen LogP) is 3.96. The Labute approximate surface area is 156 Å². The van der Waals surface area contributed by atoms with E-state index in [9.17, 15) is 4.79 Å². The number of H-pyrrole nitrogens is 1. The molecule has 1 aromatic carbocycles. The maximum absolute atomic E-state index is 12.7. The average Bonchev–Trinajstić information content (AvgIpc) is 3.07. The lowest BCUT2D eigenvalue weighted by Gasteiger charge is -2.41. The van der Waals surface area contributed by atoms with Crippen molar-refractivity contribution in [3.63, 3.8) is 0 Å². The summed E-state index contributed by atoms with van der Waals surface area (Å²) in [6.07, 6.45) is 3.99. The van der Waals surface area contributed by atoms with Crippen LogP contribution in [-0.4, -0.2) is 52.0 Å². The van der Waals surface area contributed by atoms with E-state index in [4.69, 9.17) is 0 Å². The van der Waals surface area contributed by atoms with Crippen LogP contribution in [0.25, 0.3) is 10.9 Å². The summed E-state index contributed by atoms with van der Waals surface area (Å²) < 4.78 is 0. The lowest BCUT2D eigenvalue weighted by atomic mass is 9.98. The fourth-order valence-electron chi connectivity index (χ4n) is 3.71. The van der Waals surface area contributed by atoms with Gasteiger partial charge in [0.2, 0.25) is 0 Å². The number of likely N-dealkylation sites (tertiary alicyclic amines) is 1. The Hall–Kier alpha value is -2.01. The summed E-state index contributed by atoms with van der Waals surface area (Å²) in [5.74, 6) is 0. The van der Waals surface area contributed by atoms with Gasteiger partial charge in [0.1, 0.15) is 0 Å². The zero-order chi connectivity index (χ0) is 18.7. The van der Waals surface area contributed by atoms with Gasteiger partial charge in [-0.2, -0.15) is 0 Å². The van der Waals surface area contributed by atoms with Crippen LogP contribution in [0, 0.1) is 0 Å². The summed E-state index contributed by atoms with van der Waals surface area (Å²) in [5.41, 5.74) is 2.50. The van der Waals surface area contributed by atoms with Crippen LogP contribution >= 0.6 is 0 Å². The minimum Gasteiger partial charge on any atom is -0.361 e. The van der Waals surface area contributed by atoms with Gasteiger partial charge in [-0.1, -0.05) is 6.07 Å². The van der Waals surface area contributed by atoms with E-state index in [1.54, 1.807) is 0 Å². The fourth-order valence-corrected chi connectivity index (χ4v) is 3.71. The first-order valence-corrected chi connectivity index (χ1v) is 9.73. The number of hydrogen-bond acceptors (Lipinski definition) is 2. The molecular weight excluding hydrogens is 324 g/mol. The van der Waals surface area contributed by atoms with Crippen LogP contribution in [0.1, 0.15) is 46.1 Å². The number of carbonyl (C=O) groups is 1. The molecule has 2 heterocycles. The van der Waals surface area contributed by atoms with E-state index < -0.39 is 0 Å². The molecule has 2 N–H and O–H groups in total. The maximum atomic E-state index is 12.7. The molecule has 5 heteroatoms. The van der Waals surface area contributed by atoms with Crippen molar-refractivity contribution in [2.75, 3.05) is 19.6 Å². The van der Waals surface area contributed by atoms with E-state index in [0.717, 1.165) is 37.0 Å². The number of aromatic amines is 1. The fraction of sp³-hybridized carbons (Fsp3) is 0.571. The molecule has 0 aliphatic carbocycles. The van der Waals surface area contributed by atoms with Crippen LogP contribution in [0.3, 0.4) is 0 Å². The minimum absolute atomic E-state index is 0.0517. The van der Waals surface area contributed by atoms with Crippen molar-refractivity contribution >= 4 is 16.9 Å². The van der Waals surface area contributed by atoms with Gasteiger partial charge in [0, 0.05) is 49.5 Å². The standard InChI is InChI=1S/C21H32N4O/c1-5-24(15-16-6-7-19-17(14-16)8-11-22-19)20(26)23-18-9-12-25(13-10-18)21(2,3)4/h6-8,11,14,18,22H,5,9-10,12-13,15H2,1-4H3,(H,23,26). The molecule has 1 fully saturated rings. The van der Waals surface area contributed by atoms with Gasteiger partial charge < -0.3 is 15.2 Å². The van der Waals surface area contributed by atoms with Gasteiger partial charge >= 0.3 is 6.03 Å². The quantitative estimate of drug-likeness (QED) is 0.871. The predicted molar refractivity (Wildman–Crippen MR) is 107 cm³/mol. The van der Waals surface area contributed by atoms with Crippen molar-refractivity contribution in [3.05, 3.63) is 36.0 Å². The zero-order valence-electron chi connectivity index (χ0n) is 16.5. The first-order chi connectivity index (χ1) is 12.4. The highest BCUT2D eigenvalue weighted by Crippen LogP contribution is 2.20. The summed E-state index contributed by atoms with van der Waals surface area (Å²) in [6, 6.07) is 8.73. The SMILES string of the molecule is CCN(Cc1ccc2[nH]ccc2c1)C(=O)NC1CCN(C(C)(C)C)CC1. The second-order valence-corrected chi connectivity index (χ2v) is 8.30. The van der Waals surface area contributed by atoms with Crippen molar-refractivity contribution in [1.29, 1.82) is 0 Å². The van der Waals surface area contributed by atoms with E-state index >= 15 is 0 Å². The number of nitrogens with one attached hydrogen (secondary N) is 2. The molecule has 142 valence electrons. The highest BCUT2D eigenvalue weighted by atomic mass is 16.2. The van der Waals surface area contributed by atoms with E-state index in [1.165, 1.54) is 5.39 Å². The summed E-state index contributed by atoms with van der Waals surface area (Å²) in [4.78, 5) is 20.3. The van der Waals surface area contributed by atoms with Gasteiger partial charge in [-0.25, -0.2) is 4.79 Å². The number of piperidine rings is 1. The third kappa shape index (κ3) is 4.39. The summed E-state index contributed by atoms with van der Waals surface area (Å²) in [7, 11) is 0. The second kappa shape index (κ2) is 7.70. The van der Waals surface area contributed by atoms with Gasteiger partial charge in [-0.15, -0.1) is 0 Å². The Morgan fingerprint density at radius 1 is 1.27 bits per heavy atom. The number of hydrogen-bond donors (Lipinski definition) is 2. The third-order valence-electron chi connectivity index (χ3n) is 5.43. The molecule has 0 saturated carbocycles. The second-order valence-electron chi connectivity index (χ2n) is 8.30. The van der Waals surface area contributed by atoms with Crippen LogP contribution in [0.2, 0.25) is 0 Å². The first-order valence-electron chi connectivity index (χ1n) is 9.73. The lowest BCUT2D eigenvalue weighted by molar-refractivity contribution is 0.0958. The zero-order valence-corrected chi connectivity index (χ0v) is 16.5. The van der Waals surface area contributed by atoms with Crippen LogP contribution in [0.5, 0.6) is 0 Å². The number of rotatable bonds is 4. The van der Waals surface area contributed by atoms with Crippen molar-refractivity contribution in [3.8, 4) is 0 Å². The molecule has 2 amide bonds. The Morgan fingerprint density at radius 2 is 2.00 bits per heavy atom. The average molecular weight is 357 g/mol. The number of benzene rings is 1. The van der Waals surface area contributed by atoms with Crippen LogP contribution in [0.4, 0.5) is 4.79 Å². The number of fused-ring (bicyclic) bond motifs is 1. The first kappa shape index (κ1) is 18.8. The van der Waals surface area contributed by atoms with Gasteiger partial charge in [0.25, 0.3) is 0 Å². The van der Waals surface area contributed by atoms with Crippen LogP contribution in [0.15, 0.2) is 30.5 Å².